The van der Waals surface area contributed by atoms with Crippen LogP contribution in [-0.2, 0) is 14.4 Å². The number of rotatable bonds is 9. The van der Waals surface area contributed by atoms with Gasteiger partial charge in [-0.25, -0.2) is 23.8 Å². The topological polar surface area (TPSA) is 104 Å². The second-order valence-corrected chi connectivity index (χ2v) is 11.7. The molecule has 0 radical (unpaired) electrons. The molecule has 3 aliphatic rings. The van der Waals surface area contributed by atoms with Gasteiger partial charge in [0.1, 0.15) is 29.5 Å². The van der Waals surface area contributed by atoms with Crippen molar-refractivity contribution in [3.05, 3.63) is 72.6 Å². The van der Waals surface area contributed by atoms with Crippen molar-refractivity contribution in [3.63, 3.8) is 0 Å². The number of nitrogens with zero attached hydrogens (tertiary/aromatic N) is 5. The van der Waals surface area contributed by atoms with Gasteiger partial charge in [0, 0.05) is 56.8 Å². The second kappa shape index (κ2) is 14.0. The highest BCUT2D eigenvalue weighted by atomic mass is 19.1. The maximum Gasteiger partial charge on any atom is 0.247 e. The zero-order valence-corrected chi connectivity index (χ0v) is 26.0. The number of nitrogens with one attached hydrogen (secondary N) is 2. The lowest BCUT2D eigenvalue weighted by molar-refractivity contribution is -0.111. The van der Waals surface area contributed by atoms with E-state index < -0.39 is 17.7 Å². The maximum atomic E-state index is 14.0. The Hall–Kier alpha value is -4.33. The Bertz CT molecular complexity index is 1550. The number of benzene rings is 2. The first-order chi connectivity index (χ1) is 22.3. The van der Waals surface area contributed by atoms with E-state index in [1.165, 1.54) is 24.5 Å². The van der Waals surface area contributed by atoms with Crippen LogP contribution in [0, 0.1) is 11.6 Å². The SMILES string of the molecule is C=CC(=O)Nc1cc(Nc2cc(N3OCC[C@@H]3c3cc(F)cc(F)c3)ncn2)c(OC)cc1N1CCC(N2CCO[C@H](C)C2)CC1. The first-order valence-electron chi connectivity index (χ1n) is 15.5. The van der Waals surface area contributed by atoms with E-state index in [2.05, 4.69) is 43.9 Å². The van der Waals surface area contributed by atoms with Crippen LogP contribution in [0.15, 0.2) is 55.4 Å². The van der Waals surface area contributed by atoms with Crippen LogP contribution in [0.1, 0.15) is 37.8 Å². The molecular formula is C33H39F2N7O4. The number of halogens is 2. The van der Waals surface area contributed by atoms with Crippen LogP contribution in [-0.4, -0.2) is 79.4 Å². The first kappa shape index (κ1) is 31.6. The van der Waals surface area contributed by atoms with Crippen molar-refractivity contribution < 1.29 is 27.9 Å². The zero-order chi connectivity index (χ0) is 32.2. The summed E-state index contributed by atoms with van der Waals surface area (Å²) in [5.41, 5.74) is 2.48. The normalized spacial score (nSPS) is 20.9. The standard InChI is InChI=1S/C33H39F2N7O4/c1-4-33(43)39-26-16-27(30(44-3)17-29(26)40-8-5-25(6-9-40)41-10-12-45-21(2)19-41)38-31-18-32(37-20-36-31)42-28(7-11-46-42)22-13-23(34)15-24(35)14-22/h4,13-18,20-21,25,28H,1,5-12,19H2,2-3H3,(H,39,43)(H,36,37,38)/t21-,28-/m1/s1. The second-order valence-electron chi connectivity index (χ2n) is 11.7. The molecule has 0 saturated carbocycles. The minimum Gasteiger partial charge on any atom is -0.494 e. The number of carbonyl (C=O) groups excluding carboxylic acids is 1. The molecule has 0 bridgehead atoms. The van der Waals surface area contributed by atoms with E-state index in [4.69, 9.17) is 14.3 Å². The van der Waals surface area contributed by atoms with Crippen LogP contribution < -0.4 is 25.3 Å². The summed E-state index contributed by atoms with van der Waals surface area (Å²) >= 11 is 0. The molecule has 3 aromatic rings. The highest BCUT2D eigenvalue weighted by Crippen LogP contribution is 2.41. The molecule has 3 saturated heterocycles. The van der Waals surface area contributed by atoms with Crippen molar-refractivity contribution in [2.75, 3.05) is 67.1 Å². The van der Waals surface area contributed by atoms with Crippen molar-refractivity contribution >= 4 is 34.6 Å². The molecule has 244 valence electrons. The molecule has 0 aliphatic carbocycles. The smallest absolute Gasteiger partial charge is 0.247 e. The lowest BCUT2D eigenvalue weighted by Crippen LogP contribution is -2.51. The first-order valence-corrected chi connectivity index (χ1v) is 15.5. The number of anilines is 5. The van der Waals surface area contributed by atoms with E-state index in [0.717, 1.165) is 57.4 Å². The van der Waals surface area contributed by atoms with Crippen molar-refractivity contribution in [1.29, 1.82) is 0 Å². The lowest BCUT2D eigenvalue weighted by atomic mass is 10.0. The summed E-state index contributed by atoms with van der Waals surface area (Å²) in [7, 11) is 1.59. The number of amides is 1. The molecule has 13 heteroatoms. The third-order valence-corrected chi connectivity index (χ3v) is 8.67. The average molecular weight is 636 g/mol. The minimum absolute atomic E-state index is 0.241. The predicted octanol–water partition coefficient (Wildman–Crippen LogP) is 5.20. The van der Waals surface area contributed by atoms with Crippen LogP contribution in [0.4, 0.5) is 37.5 Å². The Morgan fingerprint density at radius 1 is 1.02 bits per heavy atom. The molecule has 1 amide bonds. The summed E-state index contributed by atoms with van der Waals surface area (Å²) in [6, 6.07) is 8.91. The van der Waals surface area contributed by atoms with Crippen LogP contribution in [0.25, 0.3) is 0 Å². The summed E-state index contributed by atoms with van der Waals surface area (Å²) in [6.07, 6.45) is 5.37. The molecule has 46 heavy (non-hydrogen) atoms. The molecule has 1 aromatic heterocycles. The van der Waals surface area contributed by atoms with Crippen LogP contribution in [0.5, 0.6) is 5.75 Å². The van der Waals surface area contributed by atoms with E-state index in [1.54, 1.807) is 18.2 Å². The van der Waals surface area contributed by atoms with E-state index in [1.807, 2.05) is 12.1 Å². The summed E-state index contributed by atoms with van der Waals surface area (Å²) in [5, 5.41) is 7.78. The number of hydrogen-bond acceptors (Lipinski definition) is 10. The fourth-order valence-corrected chi connectivity index (χ4v) is 6.47. The van der Waals surface area contributed by atoms with Crippen molar-refractivity contribution in [2.45, 2.75) is 44.4 Å². The summed E-state index contributed by atoms with van der Waals surface area (Å²) in [4.78, 5) is 31.9. The largest absolute Gasteiger partial charge is 0.494 e. The van der Waals surface area contributed by atoms with E-state index in [-0.39, 0.29) is 12.0 Å². The number of ether oxygens (including phenoxy) is 2. The summed E-state index contributed by atoms with van der Waals surface area (Å²) in [5.74, 6) is -0.239. The number of morpholine rings is 1. The third-order valence-electron chi connectivity index (χ3n) is 8.67. The van der Waals surface area contributed by atoms with Gasteiger partial charge in [-0.05, 0) is 49.6 Å². The van der Waals surface area contributed by atoms with Gasteiger partial charge >= 0.3 is 0 Å². The molecule has 2 atom stereocenters. The highest BCUT2D eigenvalue weighted by Gasteiger charge is 2.31. The molecule has 4 heterocycles. The molecule has 3 aliphatic heterocycles. The van der Waals surface area contributed by atoms with Crippen LogP contribution in [0.2, 0.25) is 0 Å². The number of aromatic nitrogens is 2. The van der Waals surface area contributed by atoms with E-state index in [0.29, 0.717) is 53.4 Å². The van der Waals surface area contributed by atoms with Crippen LogP contribution >= 0.6 is 0 Å². The van der Waals surface area contributed by atoms with Gasteiger partial charge in [0.15, 0.2) is 5.82 Å². The molecule has 2 aromatic carbocycles. The van der Waals surface area contributed by atoms with Gasteiger partial charge in [-0.2, -0.15) is 0 Å². The van der Waals surface area contributed by atoms with Gasteiger partial charge in [-0.15, -0.1) is 0 Å². The molecule has 11 nitrogen and oxygen atoms in total. The molecular weight excluding hydrogens is 596 g/mol. The summed E-state index contributed by atoms with van der Waals surface area (Å²) < 4.78 is 39.5. The number of methoxy groups -OCH3 is 1. The van der Waals surface area contributed by atoms with Crippen molar-refractivity contribution in [1.82, 2.24) is 14.9 Å². The minimum atomic E-state index is -0.655. The van der Waals surface area contributed by atoms with Gasteiger partial charge in [-0.1, -0.05) is 6.58 Å². The maximum absolute atomic E-state index is 14.0. The van der Waals surface area contributed by atoms with Gasteiger partial charge in [0.25, 0.3) is 0 Å². The summed E-state index contributed by atoms with van der Waals surface area (Å²) in [6.45, 7) is 10.4. The quantitative estimate of drug-likeness (QED) is 0.305. The van der Waals surface area contributed by atoms with Crippen molar-refractivity contribution in [2.24, 2.45) is 0 Å². The number of hydrogen-bond donors (Lipinski definition) is 2. The fourth-order valence-electron chi connectivity index (χ4n) is 6.47. The van der Waals surface area contributed by atoms with Gasteiger partial charge in [0.2, 0.25) is 5.91 Å². The molecule has 6 rings (SSSR count). The molecule has 3 fully saturated rings. The molecule has 0 spiro atoms. The monoisotopic (exact) mass is 635 g/mol. The zero-order valence-electron chi connectivity index (χ0n) is 26.0. The Morgan fingerprint density at radius 3 is 2.52 bits per heavy atom. The van der Waals surface area contributed by atoms with Crippen molar-refractivity contribution in [3.8, 4) is 5.75 Å². The van der Waals surface area contributed by atoms with E-state index >= 15 is 0 Å². The average Bonchev–Trinajstić information content (AvgIpc) is 3.55. The molecule has 0 unspecified atom stereocenters. The van der Waals surface area contributed by atoms with Gasteiger partial charge in [-0.3, -0.25) is 14.5 Å². The Kier molecular flexibility index (Phi) is 9.61. The molecule has 2 N–H and O–H groups in total. The van der Waals surface area contributed by atoms with Gasteiger partial charge < -0.3 is 25.0 Å². The Labute approximate surface area is 267 Å². The number of hydroxylamine groups is 1. The highest BCUT2D eigenvalue weighted by molar-refractivity contribution is 6.02. The van der Waals surface area contributed by atoms with E-state index in [9.17, 15) is 13.6 Å². The Balaban J connectivity index is 1.23. The van der Waals surface area contributed by atoms with Gasteiger partial charge in [0.05, 0.1) is 49.5 Å². The predicted molar refractivity (Wildman–Crippen MR) is 172 cm³/mol. The Morgan fingerprint density at radius 2 is 1.80 bits per heavy atom. The third kappa shape index (κ3) is 7.06. The lowest BCUT2D eigenvalue weighted by Gasteiger charge is -2.42. The van der Waals surface area contributed by atoms with Crippen LogP contribution in [0.3, 0.4) is 0 Å². The fraction of sp³-hybridized carbons (Fsp3) is 0.424. The number of piperidine rings is 1. The number of carbonyl (C=O) groups is 1.